The monoisotopic (exact) mass is 181 g/mol. The van der Waals surface area contributed by atoms with Crippen molar-refractivity contribution in [3.8, 4) is 0 Å². The molecule has 0 saturated heterocycles. The van der Waals surface area contributed by atoms with Gasteiger partial charge in [0.05, 0.1) is 6.42 Å². The maximum atomic E-state index is 9.88. The summed E-state index contributed by atoms with van der Waals surface area (Å²) < 4.78 is 0. The van der Waals surface area contributed by atoms with Crippen LogP contribution < -0.4 is 0 Å². The van der Waals surface area contributed by atoms with E-state index in [9.17, 15) is 4.79 Å². The Balaban J connectivity index is 0. The minimum Gasteiger partial charge on any atom is -0.481 e. The molecule has 0 aliphatic carbocycles. The van der Waals surface area contributed by atoms with Crippen LogP contribution in [0.1, 0.15) is 6.42 Å². The van der Waals surface area contributed by atoms with E-state index >= 15 is 0 Å². The van der Waals surface area contributed by atoms with Gasteiger partial charge in [0.15, 0.2) is 0 Å². The van der Waals surface area contributed by atoms with Crippen molar-refractivity contribution in [3.63, 3.8) is 0 Å². The van der Waals surface area contributed by atoms with Gasteiger partial charge < -0.3 is 10.0 Å². The predicted molar refractivity (Wildman–Crippen MR) is 30.8 cm³/mol. The van der Waals surface area contributed by atoms with E-state index in [4.69, 9.17) is 5.11 Å². The van der Waals surface area contributed by atoms with E-state index in [1.807, 2.05) is 19.0 Å². The third-order valence-corrected chi connectivity index (χ3v) is 0.773. The average molecular weight is 183 g/mol. The first-order valence-corrected chi connectivity index (χ1v) is 2.49. The minimum atomic E-state index is -0.737. The standard InChI is InChI=1S/C5H11NO2.Zn/c1-6(2)4-3-5(7)8;/h3-4H2,1-2H3,(H,7,8);. The number of carboxylic acids is 1. The Morgan fingerprint density at radius 2 is 2.00 bits per heavy atom. The van der Waals surface area contributed by atoms with Crippen LogP contribution in [-0.2, 0) is 24.3 Å². The Bertz CT molecular complexity index is 85.0. The zero-order chi connectivity index (χ0) is 6.57. The molecule has 0 saturated carbocycles. The first-order chi connectivity index (χ1) is 3.63. The Morgan fingerprint density at radius 1 is 1.56 bits per heavy atom. The van der Waals surface area contributed by atoms with Crippen LogP contribution in [0, 0.1) is 0 Å². The van der Waals surface area contributed by atoms with Gasteiger partial charge in [0, 0.05) is 26.0 Å². The first kappa shape index (κ1) is 11.8. The van der Waals surface area contributed by atoms with Gasteiger partial charge in [0.25, 0.3) is 0 Å². The quantitative estimate of drug-likeness (QED) is 0.626. The Kier molecular flexibility index (Phi) is 8.10. The van der Waals surface area contributed by atoms with E-state index in [0.717, 1.165) is 0 Å². The van der Waals surface area contributed by atoms with Gasteiger partial charge >= 0.3 is 5.97 Å². The summed E-state index contributed by atoms with van der Waals surface area (Å²) >= 11 is 0. The second-order valence-corrected chi connectivity index (χ2v) is 1.95. The zero-order valence-corrected chi connectivity index (χ0v) is 8.89. The summed E-state index contributed by atoms with van der Waals surface area (Å²) in [4.78, 5) is 11.7. The fourth-order valence-corrected chi connectivity index (χ4v) is 0.319. The second kappa shape index (κ2) is 6.18. The first-order valence-electron chi connectivity index (χ1n) is 2.49. The minimum absolute atomic E-state index is 0. The number of nitrogens with zero attached hydrogens (tertiary/aromatic N) is 1. The van der Waals surface area contributed by atoms with Gasteiger partial charge in [-0.3, -0.25) is 4.79 Å². The molecule has 50 valence electrons. The van der Waals surface area contributed by atoms with E-state index in [1.165, 1.54) is 0 Å². The number of hydrogen-bond donors (Lipinski definition) is 1. The molecule has 0 fully saturated rings. The number of aliphatic carboxylic acids is 1. The summed E-state index contributed by atoms with van der Waals surface area (Å²) in [5.41, 5.74) is 0. The van der Waals surface area contributed by atoms with Crippen molar-refractivity contribution in [1.82, 2.24) is 4.90 Å². The molecule has 1 N–H and O–H groups in total. The molecule has 3 nitrogen and oxygen atoms in total. The van der Waals surface area contributed by atoms with Crippen LogP contribution in [0.25, 0.3) is 0 Å². The van der Waals surface area contributed by atoms with Crippen molar-refractivity contribution in [2.45, 2.75) is 6.42 Å². The normalized spacial score (nSPS) is 8.78. The SMILES string of the molecule is CN(C)CCC(=O)O.[Zn]. The molecule has 0 aromatic heterocycles. The predicted octanol–water partition coefficient (Wildman–Crippen LogP) is 0.0202. The fourth-order valence-electron chi connectivity index (χ4n) is 0.319. The Labute approximate surface area is 67.8 Å². The summed E-state index contributed by atoms with van der Waals surface area (Å²) in [5, 5.41) is 8.14. The van der Waals surface area contributed by atoms with Gasteiger partial charge in [-0.1, -0.05) is 0 Å². The molecule has 0 aromatic carbocycles. The summed E-state index contributed by atoms with van der Waals surface area (Å²) in [6, 6.07) is 0. The molecular weight excluding hydrogens is 171 g/mol. The van der Waals surface area contributed by atoms with Gasteiger partial charge in [0.2, 0.25) is 0 Å². The zero-order valence-electron chi connectivity index (χ0n) is 5.92. The van der Waals surface area contributed by atoms with Crippen molar-refractivity contribution in [1.29, 1.82) is 0 Å². The van der Waals surface area contributed by atoms with Gasteiger partial charge in [-0.15, -0.1) is 0 Å². The summed E-state index contributed by atoms with van der Waals surface area (Å²) in [5.74, 6) is -0.737. The smallest absolute Gasteiger partial charge is 0.304 e. The van der Waals surface area contributed by atoms with Crippen molar-refractivity contribution in [3.05, 3.63) is 0 Å². The molecule has 0 atom stereocenters. The number of carboxylic acid groups (broad SMARTS) is 1. The number of rotatable bonds is 3. The van der Waals surface area contributed by atoms with Crippen molar-refractivity contribution < 1.29 is 29.4 Å². The summed E-state index contributed by atoms with van der Waals surface area (Å²) in [6.45, 7) is 0.620. The van der Waals surface area contributed by atoms with Crippen LogP contribution in [-0.4, -0.2) is 36.6 Å². The Morgan fingerprint density at radius 3 is 2.11 bits per heavy atom. The molecule has 0 unspecified atom stereocenters. The van der Waals surface area contributed by atoms with Crippen LogP contribution in [0.15, 0.2) is 0 Å². The van der Waals surface area contributed by atoms with Gasteiger partial charge in [-0.25, -0.2) is 0 Å². The van der Waals surface area contributed by atoms with E-state index in [2.05, 4.69) is 0 Å². The number of carbonyl (C=O) groups is 1. The van der Waals surface area contributed by atoms with Crippen LogP contribution in [0.4, 0.5) is 0 Å². The fraction of sp³-hybridized carbons (Fsp3) is 0.800. The third-order valence-electron chi connectivity index (χ3n) is 0.773. The van der Waals surface area contributed by atoms with E-state index < -0.39 is 5.97 Å². The molecule has 0 amide bonds. The van der Waals surface area contributed by atoms with Gasteiger partial charge in [-0.2, -0.15) is 0 Å². The Hall–Kier alpha value is 0.0534. The van der Waals surface area contributed by atoms with Crippen molar-refractivity contribution in [2.24, 2.45) is 0 Å². The van der Waals surface area contributed by atoms with E-state index in [0.29, 0.717) is 6.54 Å². The molecule has 4 heteroatoms. The van der Waals surface area contributed by atoms with E-state index in [-0.39, 0.29) is 25.9 Å². The summed E-state index contributed by atoms with van der Waals surface area (Å²) in [6.07, 6.45) is 0.229. The second-order valence-electron chi connectivity index (χ2n) is 1.95. The van der Waals surface area contributed by atoms with E-state index in [1.54, 1.807) is 0 Å². The topological polar surface area (TPSA) is 40.5 Å². The average Bonchev–Trinajstić information content (AvgIpc) is 1.61. The number of hydrogen-bond acceptors (Lipinski definition) is 2. The van der Waals surface area contributed by atoms with Crippen molar-refractivity contribution >= 4 is 5.97 Å². The van der Waals surface area contributed by atoms with Crippen LogP contribution in [0.2, 0.25) is 0 Å². The van der Waals surface area contributed by atoms with Gasteiger partial charge in [0.1, 0.15) is 0 Å². The molecule has 0 spiro atoms. The largest absolute Gasteiger partial charge is 0.481 e. The van der Waals surface area contributed by atoms with Crippen molar-refractivity contribution in [2.75, 3.05) is 20.6 Å². The van der Waals surface area contributed by atoms with Crippen LogP contribution in [0.3, 0.4) is 0 Å². The molecule has 0 aromatic rings. The molecule has 0 heterocycles. The third kappa shape index (κ3) is 11.6. The molecule has 0 bridgehead atoms. The summed E-state index contributed by atoms with van der Waals surface area (Å²) in [7, 11) is 3.70. The van der Waals surface area contributed by atoms with Crippen LogP contribution in [0.5, 0.6) is 0 Å². The maximum Gasteiger partial charge on any atom is 0.304 e. The molecule has 0 aliphatic heterocycles. The maximum absolute atomic E-state index is 9.88. The van der Waals surface area contributed by atoms with Gasteiger partial charge in [-0.05, 0) is 14.1 Å². The molecule has 9 heavy (non-hydrogen) atoms. The molecule has 0 aliphatic rings. The van der Waals surface area contributed by atoms with Crippen LogP contribution >= 0.6 is 0 Å². The molecule has 0 rings (SSSR count). The molecule has 0 radical (unpaired) electrons. The molecular formula is C5H11NO2Zn.